The molecule has 0 radical (unpaired) electrons. The minimum Gasteiger partial charge on any atom is -0.333 e. The predicted molar refractivity (Wildman–Crippen MR) is 102 cm³/mol. The number of anilines is 1. The average Bonchev–Trinajstić information content (AvgIpc) is 2.99. The normalized spacial score (nSPS) is 14.8. The Labute approximate surface area is 158 Å². The van der Waals surface area contributed by atoms with Gasteiger partial charge in [0.05, 0.1) is 12.3 Å². The molecule has 0 fully saturated rings. The van der Waals surface area contributed by atoms with Crippen molar-refractivity contribution in [3.05, 3.63) is 64.2 Å². The summed E-state index contributed by atoms with van der Waals surface area (Å²) < 4.78 is 24.9. The fourth-order valence-electron chi connectivity index (χ4n) is 3.04. The van der Waals surface area contributed by atoms with Crippen LogP contribution in [0.1, 0.15) is 16.7 Å². The highest BCUT2D eigenvalue weighted by Crippen LogP contribution is 2.25. The number of nitrogens with one attached hydrogen (secondary N) is 1. The second-order valence-corrected chi connectivity index (χ2v) is 8.61. The topological polar surface area (TPSA) is 92.5 Å². The number of nitrogens with two attached hydrogens (primary N) is 1. The zero-order valence-electron chi connectivity index (χ0n) is 14.3. The van der Waals surface area contributed by atoms with Gasteiger partial charge in [-0.05, 0) is 35.2 Å². The molecule has 1 atom stereocenters. The van der Waals surface area contributed by atoms with E-state index in [1.54, 1.807) is 17.0 Å². The van der Waals surface area contributed by atoms with E-state index in [9.17, 15) is 13.2 Å². The zero-order chi connectivity index (χ0) is 18.9. The van der Waals surface area contributed by atoms with Gasteiger partial charge in [0.1, 0.15) is 0 Å². The van der Waals surface area contributed by atoms with Gasteiger partial charge in [-0.2, -0.15) is 0 Å². The predicted octanol–water partition coefficient (Wildman–Crippen LogP) is 2.12. The molecule has 0 aliphatic carbocycles. The van der Waals surface area contributed by atoms with Crippen molar-refractivity contribution in [2.24, 2.45) is 5.73 Å². The number of hydrogen-bond donors (Lipinski definition) is 2. The van der Waals surface area contributed by atoms with Gasteiger partial charge in [-0.3, -0.25) is 9.52 Å². The minimum absolute atomic E-state index is 0.129. The van der Waals surface area contributed by atoms with Crippen molar-refractivity contribution >= 4 is 33.2 Å². The van der Waals surface area contributed by atoms with Crippen LogP contribution in [0, 0.1) is 0 Å². The smallest absolute Gasteiger partial charge is 0.240 e. The van der Waals surface area contributed by atoms with Gasteiger partial charge in [0.15, 0.2) is 0 Å². The van der Waals surface area contributed by atoms with Gasteiger partial charge in [-0.1, -0.05) is 41.9 Å². The van der Waals surface area contributed by atoms with Crippen LogP contribution in [0.5, 0.6) is 0 Å². The van der Waals surface area contributed by atoms with E-state index in [2.05, 4.69) is 4.72 Å². The summed E-state index contributed by atoms with van der Waals surface area (Å²) in [6, 6.07) is 12.0. The lowest BCUT2D eigenvalue weighted by molar-refractivity contribution is -0.133. The Balaban J connectivity index is 1.66. The molecule has 1 heterocycles. The number of hydrogen-bond acceptors (Lipinski definition) is 4. The Morgan fingerprint density at radius 3 is 2.38 bits per heavy atom. The number of nitrogens with zero attached hydrogens (tertiary/aromatic N) is 1. The molecule has 26 heavy (non-hydrogen) atoms. The van der Waals surface area contributed by atoms with Crippen LogP contribution in [0.25, 0.3) is 0 Å². The Morgan fingerprint density at radius 1 is 1.23 bits per heavy atom. The number of carbonyl (C=O) groups excluding carboxylic acids is 1. The third-order valence-electron chi connectivity index (χ3n) is 4.27. The van der Waals surface area contributed by atoms with Crippen molar-refractivity contribution in [3.63, 3.8) is 0 Å². The van der Waals surface area contributed by atoms with Crippen LogP contribution >= 0.6 is 11.6 Å². The molecule has 6 nitrogen and oxygen atoms in total. The highest BCUT2D eigenvalue weighted by atomic mass is 35.5. The van der Waals surface area contributed by atoms with Crippen molar-refractivity contribution in [2.75, 3.05) is 11.0 Å². The second kappa shape index (κ2) is 7.26. The summed E-state index contributed by atoms with van der Waals surface area (Å²) in [5.41, 5.74) is 9.46. The van der Waals surface area contributed by atoms with Gasteiger partial charge < -0.3 is 10.6 Å². The van der Waals surface area contributed by atoms with E-state index in [4.69, 9.17) is 17.3 Å². The molecule has 1 aliphatic rings. The van der Waals surface area contributed by atoms with E-state index in [1.165, 1.54) is 6.07 Å². The number of carbonyl (C=O) groups is 1. The summed E-state index contributed by atoms with van der Waals surface area (Å²) in [5, 5.41) is 0.367. The molecule has 2 aromatic rings. The summed E-state index contributed by atoms with van der Waals surface area (Å²) in [6.45, 7) is 1.13. The van der Waals surface area contributed by atoms with E-state index >= 15 is 0 Å². The highest BCUT2D eigenvalue weighted by molar-refractivity contribution is 7.92. The van der Waals surface area contributed by atoms with E-state index < -0.39 is 16.1 Å². The molecule has 1 amide bonds. The fourth-order valence-corrected chi connectivity index (χ4v) is 3.85. The first kappa shape index (κ1) is 18.7. The van der Waals surface area contributed by atoms with Gasteiger partial charge in [-0.25, -0.2) is 8.42 Å². The summed E-state index contributed by atoms with van der Waals surface area (Å²) in [4.78, 5) is 14.4. The lowest BCUT2D eigenvalue weighted by atomic mass is 10.0. The van der Waals surface area contributed by atoms with Crippen LogP contribution in [0.15, 0.2) is 42.5 Å². The first-order valence-corrected chi connectivity index (χ1v) is 10.4. The zero-order valence-corrected chi connectivity index (χ0v) is 15.8. The molecule has 0 saturated heterocycles. The number of benzene rings is 2. The molecule has 2 aromatic carbocycles. The average molecular weight is 394 g/mol. The summed E-state index contributed by atoms with van der Waals surface area (Å²) in [6.07, 6.45) is 1.35. The number of rotatable bonds is 5. The molecule has 0 spiro atoms. The van der Waals surface area contributed by atoms with Crippen molar-refractivity contribution in [1.29, 1.82) is 0 Å². The van der Waals surface area contributed by atoms with Gasteiger partial charge >= 0.3 is 0 Å². The summed E-state index contributed by atoms with van der Waals surface area (Å²) in [5.74, 6) is -0.129. The molecule has 138 valence electrons. The fraction of sp³-hybridized carbons (Fsp3) is 0.278. The third-order valence-corrected chi connectivity index (χ3v) is 5.22. The molecule has 3 rings (SSSR count). The third kappa shape index (κ3) is 4.35. The Hall–Kier alpha value is -2.09. The number of amides is 1. The Morgan fingerprint density at radius 2 is 1.85 bits per heavy atom. The van der Waals surface area contributed by atoms with Crippen molar-refractivity contribution < 1.29 is 13.2 Å². The summed E-state index contributed by atoms with van der Waals surface area (Å²) in [7, 11) is -3.37. The summed E-state index contributed by atoms with van der Waals surface area (Å²) >= 11 is 6.22. The molecule has 3 N–H and O–H groups in total. The highest BCUT2D eigenvalue weighted by Gasteiger charge is 2.27. The van der Waals surface area contributed by atoms with E-state index in [1.807, 2.05) is 24.3 Å². The largest absolute Gasteiger partial charge is 0.333 e. The standard InChI is InChI=1S/C18H20ClN3O3S/c1-26(24,25)21-15-7-6-12(16(19)9-15)8-17(20)18(23)22-10-13-4-2-3-5-14(13)11-22/h2-7,9,17,21H,8,10-11,20H2,1H3. The quantitative estimate of drug-likeness (QED) is 0.813. The maximum atomic E-state index is 12.7. The van der Waals surface area contributed by atoms with E-state index in [0.29, 0.717) is 29.4 Å². The monoisotopic (exact) mass is 393 g/mol. The van der Waals surface area contributed by atoms with Crippen molar-refractivity contribution in [2.45, 2.75) is 25.6 Å². The molecule has 1 aliphatic heterocycles. The molecule has 0 aromatic heterocycles. The Kier molecular flexibility index (Phi) is 5.22. The number of fused-ring (bicyclic) bond motifs is 1. The van der Waals surface area contributed by atoms with Gasteiger partial charge in [0.2, 0.25) is 15.9 Å². The molecular weight excluding hydrogens is 374 g/mol. The molecule has 1 unspecified atom stereocenters. The van der Waals surface area contributed by atoms with Crippen LogP contribution in [0.4, 0.5) is 5.69 Å². The van der Waals surface area contributed by atoms with Crippen LogP contribution in [-0.4, -0.2) is 31.5 Å². The van der Waals surface area contributed by atoms with E-state index in [-0.39, 0.29) is 12.3 Å². The van der Waals surface area contributed by atoms with Crippen LogP contribution in [0.2, 0.25) is 5.02 Å². The van der Waals surface area contributed by atoms with Gasteiger partial charge in [-0.15, -0.1) is 0 Å². The van der Waals surface area contributed by atoms with Gasteiger partial charge in [0.25, 0.3) is 0 Å². The SMILES string of the molecule is CS(=O)(=O)Nc1ccc(CC(N)C(=O)N2Cc3ccccc3C2)c(Cl)c1. The minimum atomic E-state index is -3.37. The van der Waals surface area contributed by atoms with Crippen LogP contribution < -0.4 is 10.5 Å². The maximum Gasteiger partial charge on any atom is 0.240 e. The van der Waals surface area contributed by atoms with Crippen LogP contribution in [0.3, 0.4) is 0 Å². The first-order chi connectivity index (χ1) is 12.2. The lowest BCUT2D eigenvalue weighted by Gasteiger charge is -2.21. The second-order valence-electron chi connectivity index (χ2n) is 6.45. The van der Waals surface area contributed by atoms with Crippen molar-refractivity contribution in [3.8, 4) is 0 Å². The molecule has 0 saturated carbocycles. The number of halogens is 1. The number of sulfonamides is 1. The maximum absolute atomic E-state index is 12.7. The van der Waals surface area contributed by atoms with Gasteiger partial charge in [0, 0.05) is 23.8 Å². The van der Waals surface area contributed by atoms with Crippen molar-refractivity contribution in [1.82, 2.24) is 4.90 Å². The van der Waals surface area contributed by atoms with E-state index in [0.717, 1.165) is 17.4 Å². The van der Waals surface area contributed by atoms with Crippen LogP contribution in [-0.2, 0) is 34.3 Å². The molecule has 0 bridgehead atoms. The lowest BCUT2D eigenvalue weighted by Crippen LogP contribution is -2.42. The molecule has 8 heteroatoms. The Bertz CT molecular complexity index is 921. The first-order valence-electron chi connectivity index (χ1n) is 8.10. The molecular formula is C18H20ClN3O3S.